The first kappa shape index (κ1) is 14.1. The number of aromatic nitrogens is 1. The average Bonchev–Trinajstić information content (AvgIpc) is 3.11. The number of nitrogens with zero attached hydrogens (tertiary/aromatic N) is 2. The fourth-order valence-electron chi connectivity index (χ4n) is 3.16. The summed E-state index contributed by atoms with van der Waals surface area (Å²) >= 11 is 0. The Hall–Kier alpha value is -1.90. The Morgan fingerprint density at radius 3 is 2.48 bits per heavy atom. The standard InChI is InChI=1S/C18H25N3/c1-14-12-16(15(2)20(14)3)13-19-17-8-4-5-9-18(17)21-10-6-7-11-21/h4-5,8-9,12,19H,6-7,10-11,13H2,1-3H3. The lowest BCUT2D eigenvalue weighted by atomic mass is 10.2. The zero-order valence-electron chi connectivity index (χ0n) is 13.3. The summed E-state index contributed by atoms with van der Waals surface area (Å²) in [6.45, 7) is 7.60. The Kier molecular flexibility index (Phi) is 3.91. The van der Waals surface area contributed by atoms with E-state index >= 15 is 0 Å². The van der Waals surface area contributed by atoms with Gasteiger partial charge in [0.2, 0.25) is 0 Å². The quantitative estimate of drug-likeness (QED) is 0.919. The predicted molar refractivity (Wildman–Crippen MR) is 90.1 cm³/mol. The minimum atomic E-state index is 0.887. The topological polar surface area (TPSA) is 20.2 Å². The molecule has 0 atom stereocenters. The largest absolute Gasteiger partial charge is 0.379 e. The molecule has 0 radical (unpaired) electrons. The number of benzene rings is 1. The van der Waals surface area contributed by atoms with E-state index in [1.54, 1.807) is 0 Å². The summed E-state index contributed by atoms with van der Waals surface area (Å²) in [6, 6.07) is 11.0. The van der Waals surface area contributed by atoms with E-state index in [2.05, 4.69) is 66.0 Å². The van der Waals surface area contributed by atoms with Crippen LogP contribution in [0.4, 0.5) is 11.4 Å². The molecule has 0 aliphatic carbocycles. The van der Waals surface area contributed by atoms with Gasteiger partial charge < -0.3 is 14.8 Å². The van der Waals surface area contributed by atoms with Crippen molar-refractivity contribution in [2.24, 2.45) is 7.05 Å². The number of hydrogen-bond acceptors (Lipinski definition) is 2. The lowest BCUT2D eigenvalue weighted by Crippen LogP contribution is -2.19. The fourth-order valence-corrected chi connectivity index (χ4v) is 3.16. The Balaban J connectivity index is 1.77. The van der Waals surface area contributed by atoms with E-state index in [0.717, 1.165) is 6.54 Å². The molecule has 1 aliphatic rings. The van der Waals surface area contributed by atoms with Gasteiger partial charge in [0.05, 0.1) is 11.4 Å². The average molecular weight is 283 g/mol. The summed E-state index contributed by atoms with van der Waals surface area (Å²) in [4.78, 5) is 2.49. The second kappa shape index (κ2) is 5.84. The smallest absolute Gasteiger partial charge is 0.0602 e. The molecule has 21 heavy (non-hydrogen) atoms. The van der Waals surface area contributed by atoms with E-state index < -0.39 is 0 Å². The lowest BCUT2D eigenvalue weighted by Gasteiger charge is -2.22. The first-order chi connectivity index (χ1) is 10.2. The van der Waals surface area contributed by atoms with Crippen molar-refractivity contribution in [2.45, 2.75) is 33.2 Å². The number of rotatable bonds is 4. The predicted octanol–water partition coefficient (Wildman–Crippen LogP) is 3.85. The van der Waals surface area contributed by atoms with Crippen molar-refractivity contribution in [1.82, 2.24) is 4.57 Å². The Labute approximate surface area is 127 Å². The third-order valence-electron chi connectivity index (χ3n) is 4.70. The highest BCUT2D eigenvalue weighted by molar-refractivity contribution is 5.70. The van der Waals surface area contributed by atoms with E-state index in [9.17, 15) is 0 Å². The van der Waals surface area contributed by atoms with Crippen molar-refractivity contribution >= 4 is 11.4 Å². The van der Waals surface area contributed by atoms with Gasteiger partial charge in [-0.3, -0.25) is 0 Å². The molecule has 3 heteroatoms. The van der Waals surface area contributed by atoms with Crippen molar-refractivity contribution in [2.75, 3.05) is 23.3 Å². The Morgan fingerprint density at radius 2 is 1.81 bits per heavy atom. The molecule has 0 bridgehead atoms. The third kappa shape index (κ3) is 2.78. The van der Waals surface area contributed by atoms with Crippen LogP contribution >= 0.6 is 0 Å². The zero-order valence-corrected chi connectivity index (χ0v) is 13.3. The van der Waals surface area contributed by atoms with Gasteiger partial charge in [-0.2, -0.15) is 0 Å². The van der Waals surface area contributed by atoms with Gasteiger partial charge in [-0.05, 0) is 50.5 Å². The van der Waals surface area contributed by atoms with Crippen molar-refractivity contribution in [3.8, 4) is 0 Å². The molecule has 1 aromatic carbocycles. The maximum absolute atomic E-state index is 3.63. The minimum Gasteiger partial charge on any atom is -0.379 e. The summed E-state index contributed by atoms with van der Waals surface area (Å²) in [7, 11) is 2.13. The van der Waals surface area contributed by atoms with Gasteiger partial charge >= 0.3 is 0 Å². The number of nitrogens with one attached hydrogen (secondary N) is 1. The van der Waals surface area contributed by atoms with Crippen molar-refractivity contribution in [3.63, 3.8) is 0 Å². The van der Waals surface area contributed by atoms with Gasteiger partial charge in [0, 0.05) is 38.1 Å². The molecule has 3 nitrogen and oxygen atoms in total. The van der Waals surface area contributed by atoms with Gasteiger partial charge in [-0.1, -0.05) is 12.1 Å². The maximum atomic E-state index is 3.63. The zero-order chi connectivity index (χ0) is 14.8. The normalized spacial score (nSPS) is 14.7. The molecule has 3 rings (SSSR count). The molecular formula is C18H25N3. The van der Waals surface area contributed by atoms with E-state index in [1.165, 1.54) is 54.3 Å². The maximum Gasteiger partial charge on any atom is 0.0602 e. The van der Waals surface area contributed by atoms with Crippen LogP contribution in [0.25, 0.3) is 0 Å². The first-order valence-corrected chi connectivity index (χ1v) is 7.86. The lowest BCUT2D eigenvalue weighted by molar-refractivity contribution is 0.837. The number of hydrogen-bond donors (Lipinski definition) is 1. The van der Waals surface area contributed by atoms with Crippen LogP contribution in [0, 0.1) is 13.8 Å². The van der Waals surface area contributed by atoms with Crippen LogP contribution < -0.4 is 10.2 Å². The number of aryl methyl sites for hydroxylation is 1. The van der Waals surface area contributed by atoms with Gasteiger partial charge in [0.1, 0.15) is 0 Å². The van der Waals surface area contributed by atoms with Crippen LogP contribution in [0.5, 0.6) is 0 Å². The van der Waals surface area contributed by atoms with Crippen LogP contribution in [0.15, 0.2) is 30.3 Å². The van der Waals surface area contributed by atoms with Crippen LogP contribution in [0.2, 0.25) is 0 Å². The molecule has 0 amide bonds. The summed E-state index contributed by atoms with van der Waals surface area (Å²) in [5.41, 5.74) is 6.64. The van der Waals surface area contributed by atoms with Gasteiger partial charge in [0.25, 0.3) is 0 Å². The summed E-state index contributed by atoms with van der Waals surface area (Å²) in [5.74, 6) is 0. The molecule has 0 saturated carbocycles. The Bertz CT molecular complexity index is 621. The van der Waals surface area contributed by atoms with E-state index in [1.807, 2.05) is 0 Å². The summed E-state index contributed by atoms with van der Waals surface area (Å²) < 4.78 is 2.25. The molecule has 1 saturated heterocycles. The molecule has 1 N–H and O–H groups in total. The Morgan fingerprint density at radius 1 is 1.10 bits per heavy atom. The second-order valence-electron chi connectivity index (χ2n) is 6.02. The molecule has 1 aromatic heterocycles. The molecule has 0 spiro atoms. The minimum absolute atomic E-state index is 0.887. The third-order valence-corrected chi connectivity index (χ3v) is 4.70. The highest BCUT2D eigenvalue weighted by Crippen LogP contribution is 2.29. The molecule has 2 aromatic rings. The van der Waals surface area contributed by atoms with Gasteiger partial charge in [0.15, 0.2) is 0 Å². The van der Waals surface area contributed by atoms with Gasteiger partial charge in [-0.25, -0.2) is 0 Å². The van der Waals surface area contributed by atoms with Gasteiger partial charge in [-0.15, -0.1) is 0 Å². The monoisotopic (exact) mass is 283 g/mol. The highest BCUT2D eigenvalue weighted by Gasteiger charge is 2.15. The second-order valence-corrected chi connectivity index (χ2v) is 6.02. The molecule has 1 fully saturated rings. The first-order valence-electron chi connectivity index (χ1n) is 7.86. The van der Waals surface area contributed by atoms with Crippen molar-refractivity contribution in [1.29, 1.82) is 0 Å². The van der Waals surface area contributed by atoms with Crippen molar-refractivity contribution in [3.05, 3.63) is 47.3 Å². The highest BCUT2D eigenvalue weighted by atomic mass is 15.2. The molecule has 112 valence electrons. The van der Waals surface area contributed by atoms with Crippen LogP contribution in [-0.4, -0.2) is 17.7 Å². The molecular weight excluding hydrogens is 258 g/mol. The molecule has 2 heterocycles. The van der Waals surface area contributed by atoms with Crippen LogP contribution in [0.1, 0.15) is 29.8 Å². The SMILES string of the molecule is Cc1cc(CNc2ccccc2N2CCCC2)c(C)n1C. The number of para-hydroxylation sites is 2. The van der Waals surface area contributed by atoms with E-state index in [4.69, 9.17) is 0 Å². The summed E-state index contributed by atoms with van der Waals surface area (Å²) in [5, 5.41) is 3.63. The van der Waals surface area contributed by atoms with E-state index in [-0.39, 0.29) is 0 Å². The van der Waals surface area contributed by atoms with Crippen molar-refractivity contribution < 1.29 is 0 Å². The number of anilines is 2. The van der Waals surface area contributed by atoms with Crippen LogP contribution in [-0.2, 0) is 13.6 Å². The molecule has 0 unspecified atom stereocenters. The van der Waals surface area contributed by atoms with Crippen LogP contribution in [0.3, 0.4) is 0 Å². The van der Waals surface area contributed by atoms with E-state index in [0.29, 0.717) is 0 Å². The summed E-state index contributed by atoms with van der Waals surface area (Å²) in [6.07, 6.45) is 2.62. The molecule has 1 aliphatic heterocycles. The fraction of sp³-hybridized carbons (Fsp3) is 0.444.